The van der Waals surface area contributed by atoms with E-state index in [1.165, 1.54) is 6.42 Å². The van der Waals surface area contributed by atoms with Crippen LogP contribution in [-0.2, 0) is 6.54 Å². The average molecular weight is 272 g/mol. The van der Waals surface area contributed by atoms with Crippen molar-refractivity contribution in [3.63, 3.8) is 0 Å². The Kier molecular flexibility index (Phi) is 5.03. The molecule has 0 spiro atoms. The third kappa shape index (κ3) is 3.75. The summed E-state index contributed by atoms with van der Waals surface area (Å²) < 4.78 is 0. The van der Waals surface area contributed by atoms with Gasteiger partial charge in [-0.3, -0.25) is 0 Å². The van der Waals surface area contributed by atoms with E-state index >= 15 is 0 Å². The van der Waals surface area contributed by atoms with Crippen molar-refractivity contribution in [2.45, 2.75) is 31.8 Å². The molecule has 2 amide bonds. The van der Waals surface area contributed by atoms with Crippen LogP contribution in [0, 0.1) is 11.8 Å². The molecule has 2 N–H and O–H groups in total. The first-order valence-corrected chi connectivity index (χ1v) is 6.90. The second-order valence-corrected chi connectivity index (χ2v) is 5.05. The van der Waals surface area contributed by atoms with Crippen molar-refractivity contribution in [1.82, 2.24) is 10.2 Å². The van der Waals surface area contributed by atoms with Crippen LogP contribution >= 0.6 is 0 Å². The molecule has 0 unspecified atom stereocenters. The second-order valence-electron chi connectivity index (χ2n) is 5.05. The van der Waals surface area contributed by atoms with Crippen LogP contribution in [0.5, 0.6) is 0 Å². The van der Waals surface area contributed by atoms with Gasteiger partial charge in [0.2, 0.25) is 0 Å². The normalized spacial score (nSPS) is 13.9. The number of carbonyl (C=O) groups is 1. The molecule has 4 heteroatoms. The van der Waals surface area contributed by atoms with Gasteiger partial charge >= 0.3 is 6.03 Å². The molecular weight excluding hydrogens is 252 g/mol. The lowest BCUT2D eigenvalue weighted by Crippen LogP contribution is -2.45. The number of urea groups is 1. The van der Waals surface area contributed by atoms with Gasteiger partial charge in [0.05, 0.1) is 0 Å². The number of hydrogen-bond donors (Lipinski definition) is 2. The number of rotatable bonds is 3. The van der Waals surface area contributed by atoms with E-state index in [1.807, 2.05) is 24.3 Å². The topological polar surface area (TPSA) is 52.6 Å². The van der Waals surface area contributed by atoms with E-state index in [4.69, 9.17) is 5.11 Å². The van der Waals surface area contributed by atoms with E-state index < -0.39 is 0 Å². The monoisotopic (exact) mass is 272 g/mol. The summed E-state index contributed by atoms with van der Waals surface area (Å²) in [4.78, 5) is 13.7. The van der Waals surface area contributed by atoms with Crippen LogP contribution in [0.3, 0.4) is 0 Å². The van der Waals surface area contributed by atoms with E-state index in [0.717, 1.165) is 24.0 Å². The van der Waals surface area contributed by atoms with Gasteiger partial charge in [0, 0.05) is 25.2 Å². The first-order valence-electron chi connectivity index (χ1n) is 6.90. The maximum Gasteiger partial charge on any atom is 0.317 e. The largest absolute Gasteiger partial charge is 0.384 e. The van der Waals surface area contributed by atoms with Gasteiger partial charge in [-0.05, 0) is 30.9 Å². The van der Waals surface area contributed by atoms with Crippen LogP contribution in [-0.4, -0.2) is 35.7 Å². The van der Waals surface area contributed by atoms with Gasteiger partial charge in [-0.15, -0.1) is 0 Å². The fourth-order valence-corrected chi connectivity index (χ4v) is 2.08. The first-order chi connectivity index (χ1) is 9.70. The van der Waals surface area contributed by atoms with Gasteiger partial charge in [-0.25, -0.2) is 4.79 Å². The molecule has 0 saturated heterocycles. The van der Waals surface area contributed by atoms with Crippen molar-refractivity contribution >= 4 is 6.03 Å². The summed E-state index contributed by atoms with van der Waals surface area (Å²) in [6, 6.07) is 7.98. The van der Waals surface area contributed by atoms with Gasteiger partial charge in [0.15, 0.2) is 0 Å². The molecule has 20 heavy (non-hydrogen) atoms. The number of hydrogen-bond acceptors (Lipinski definition) is 2. The van der Waals surface area contributed by atoms with E-state index in [-0.39, 0.29) is 12.6 Å². The van der Waals surface area contributed by atoms with E-state index in [0.29, 0.717) is 12.6 Å². The SMILES string of the molecule is CN(Cc1ccccc1C#CCO)C(=O)NC1CCC1. The third-order valence-corrected chi connectivity index (χ3v) is 3.51. The predicted molar refractivity (Wildman–Crippen MR) is 78.0 cm³/mol. The maximum absolute atomic E-state index is 12.0. The van der Waals surface area contributed by atoms with E-state index in [9.17, 15) is 4.79 Å². The number of nitrogens with zero attached hydrogens (tertiary/aromatic N) is 1. The van der Waals surface area contributed by atoms with Gasteiger partial charge in [0.1, 0.15) is 6.61 Å². The Labute approximate surface area is 119 Å². The Hall–Kier alpha value is -1.99. The van der Waals surface area contributed by atoms with Crippen molar-refractivity contribution in [3.8, 4) is 11.8 Å². The molecule has 1 aliphatic rings. The maximum atomic E-state index is 12.0. The molecule has 1 aromatic rings. The Morgan fingerprint density at radius 3 is 2.85 bits per heavy atom. The van der Waals surface area contributed by atoms with Crippen LogP contribution in [0.4, 0.5) is 4.79 Å². The summed E-state index contributed by atoms with van der Waals surface area (Å²) in [5.74, 6) is 5.56. The number of benzene rings is 1. The summed E-state index contributed by atoms with van der Waals surface area (Å²) in [7, 11) is 1.78. The Bertz CT molecular complexity index is 527. The minimum absolute atomic E-state index is 0.0420. The highest BCUT2D eigenvalue weighted by Gasteiger charge is 2.21. The molecule has 1 aromatic carbocycles. The standard InChI is InChI=1S/C16H20N2O2/c1-18(16(20)17-15-9-4-10-15)12-14-7-3-2-6-13(14)8-5-11-19/h2-3,6-7,15,19H,4,9-12H2,1H3,(H,17,20). The number of amides is 2. The quantitative estimate of drug-likeness (QED) is 0.823. The Morgan fingerprint density at radius 2 is 2.20 bits per heavy atom. The van der Waals surface area contributed by atoms with Gasteiger partial charge in [0.25, 0.3) is 0 Å². The molecule has 0 heterocycles. The highest BCUT2D eigenvalue weighted by Crippen LogP contribution is 2.18. The molecular formula is C16H20N2O2. The van der Waals surface area contributed by atoms with Crippen molar-refractivity contribution in [1.29, 1.82) is 0 Å². The van der Waals surface area contributed by atoms with Gasteiger partial charge in [-0.1, -0.05) is 30.0 Å². The number of carbonyl (C=O) groups excluding carboxylic acids is 1. The Morgan fingerprint density at radius 1 is 1.45 bits per heavy atom. The third-order valence-electron chi connectivity index (χ3n) is 3.51. The van der Waals surface area contributed by atoms with Crippen LogP contribution in [0.1, 0.15) is 30.4 Å². The smallest absolute Gasteiger partial charge is 0.317 e. The molecule has 1 saturated carbocycles. The zero-order chi connectivity index (χ0) is 14.4. The lowest BCUT2D eigenvalue weighted by molar-refractivity contribution is 0.194. The van der Waals surface area contributed by atoms with Crippen LogP contribution in [0.2, 0.25) is 0 Å². The number of aliphatic hydroxyl groups excluding tert-OH is 1. The summed E-state index contributed by atoms with van der Waals surface area (Å²) in [6.07, 6.45) is 3.37. The van der Waals surface area contributed by atoms with E-state index in [1.54, 1.807) is 11.9 Å². The number of nitrogens with one attached hydrogen (secondary N) is 1. The fraction of sp³-hybridized carbons (Fsp3) is 0.438. The molecule has 4 nitrogen and oxygen atoms in total. The molecule has 0 atom stereocenters. The predicted octanol–water partition coefficient (Wildman–Crippen LogP) is 1.72. The summed E-state index contributed by atoms with van der Waals surface area (Å²) >= 11 is 0. The van der Waals surface area contributed by atoms with Crippen molar-refractivity contribution < 1.29 is 9.90 Å². The summed E-state index contributed by atoms with van der Waals surface area (Å²) in [5.41, 5.74) is 1.84. The van der Waals surface area contributed by atoms with Crippen molar-refractivity contribution in [2.75, 3.05) is 13.7 Å². The van der Waals surface area contributed by atoms with Crippen LogP contribution in [0.25, 0.3) is 0 Å². The molecule has 0 radical (unpaired) electrons. The highest BCUT2D eigenvalue weighted by molar-refractivity contribution is 5.74. The molecule has 106 valence electrons. The van der Waals surface area contributed by atoms with Gasteiger partial charge in [-0.2, -0.15) is 0 Å². The first kappa shape index (κ1) is 14.4. The molecule has 2 rings (SSSR count). The van der Waals surface area contributed by atoms with Crippen LogP contribution in [0.15, 0.2) is 24.3 Å². The molecule has 0 aliphatic heterocycles. The van der Waals surface area contributed by atoms with Gasteiger partial charge < -0.3 is 15.3 Å². The average Bonchev–Trinajstić information content (AvgIpc) is 2.41. The van der Waals surface area contributed by atoms with Crippen molar-refractivity contribution in [3.05, 3.63) is 35.4 Å². The fourth-order valence-electron chi connectivity index (χ4n) is 2.08. The zero-order valence-corrected chi connectivity index (χ0v) is 11.7. The molecule has 0 aromatic heterocycles. The molecule has 0 bridgehead atoms. The molecule has 1 aliphatic carbocycles. The van der Waals surface area contributed by atoms with Crippen LogP contribution < -0.4 is 5.32 Å². The Balaban J connectivity index is 1.99. The highest BCUT2D eigenvalue weighted by atomic mass is 16.2. The minimum Gasteiger partial charge on any atom is -0.384 e. The second kappa shape index (κ2) is 6.97. The van der Waals surface area contributed by atoms with Crippen molar-refractivity contribution in [2.24, 2.45) is 0 Å². The lowest BCUT2D eigenvalue weighted by Gasteiger charge is -2.29. The summed E-state index contributed by atoms with van der Waals surface area (Å²) in [5, 5.41) is 11.8. The number of aliphatic hydroxyl groups is 1. The lowest BCUT2D eigenvalue weighted by atomic mass is 9.93. The summed E-state index contributed by atoms with van der Waals surface area (Å²) in [6.45, 7) is 0.348. The molecule has 1 fully saturated rings. The van der Waals surface area contributed by atoms with E-state index in [2.05, 4.69) is 17.2 Å². The zero-order valence-electron chi connectivity index (χ0n) is 11.7. The minimum atomic E-state index is -0.160.